The van der Waals surface area contributed by atoms with E-state index in [1.807, 2.05) is 0 Å². The Labute approximate surface area is 153 Å². The molecule has 0 aliphatic rings. The van der Waals surface area contributed by atoms with Gasteiger partial charge in [0.1, 0.15) is 5.75 Å². The summed E-state index contributed by atoms with van der Waals surface area (Å²) in [5.74, 6) is -2.39. The van der Waals surface area contributed by atoms with E-state index in [1.165, 1.54) is 18.2 Å². The summed E-state index contributed by atoms with van der Waals surface area (Å²) in [4.78, 5) is 23.5. The van der Waals surface area contributed by atoms with E-state index in [1.54, 1.807) is 36.4 Å². The lowest BCUT2D eigenvalue weighted by Gasteiger charge is -2.14. The van der Waals surface area contributed by atoms with Gasteiger partial charge in [0.05, 0.1) is 12.3 Å². The molecule has 0 aromatic heterocycles. The van der Waals surface area contributed by atoms with E-state index in [9.17, 15) is 27.9 Å². The first-order valence-corrected chi connectivity index (χ1v) is 8.07. The van der Waals surface area contributed by atoms with Crippen LogP contribution in [0.5, 0.6) is 5.75 Å². The van der Waals surface area contributed by atoms with Gasteiger partial charge in [0.15, 0.2) is 6.61 Å². The highest BCUT2D eigenvalue weighted by molar-refractivity contribution is 5.81. The Bertz CT molecular complexity index is 778. The van der Waals surface area contributed by atoms with Crippen LogP contribution >= 0.6 is 0 Å². The fourth-order valence-corrected chi connectivity index (χ4v) is 2.41. The highest BCUT2D eigenvalue weighted by atomic mass is 19.4. The van der Waals surface area contributed by atoms with Crippen LogP contribution in [0.4, 0.5) is 13.2 Å². The molecule has 0 spiro atoms. The van der Waals surface area contributed by atoms with Gasteiger partial charge in [-0.25, -0.2) is 0 Å². The van der Waals surface area contributed by atoms with Crippen LogP contribution in [0.25, 0.3) is 0 Å². The number of halogens is 3. The van der Waals surface area contributed by atoms with Crippen molar-refractivity contribution < 1.29 is 32.6 Å². The lowest BCUT2D eigenvalue weighted by atomic mass is 9.99. The predicted molar refractivity (Wildman–Crippen MR) is 91.5 cm³/mol. The standard InChI is InChI=1S/C19H18F3NO4/c20-19(21,22)12-27-15-8-4-5-13(9-15)10-17(24)23-11-16(18(25)26)14-6-2-1-3-7-14/h1-9,16H,10-12H2,(H,23,24)(H,25,26). The van der Waals surface area contributed by atoms with Crippen LogP contribution in [0.15, 0.2) is 54.6 Å². The third-order valence-corrected chi connectivity index (χ3v) is 3.67. The molecule has 1 atom stereocenters. The van der Waals surface area contributed by atoms with Crippen molar-refractivity contribution in [3.63, 3.8) is 0 Å². The topological polar surface area (TPSA) is 75.6 Å². The first-order valence-electron chi connectivity index (χ1n) is 8.07. The Morgan fingerprint density at radius 1 is 1.07 bits per heavy atom. The zero-order chi connectivity index (χ0) is 19.9. The molecule has 2 aromatic carbocycles. The zero-order valence-corrected chi connectivity index (χ0v) is 14.2. The Morgan fingerprint density at radius 3 is 2.41 bits per heavy atom. The smallest absolute Gasteiger partial charge is 0.422 e. The molecule has 8 heteroatoms. The molecule has 0 heterocycles. The van der Waals surface area contributed by atoms with E-state index in [4.69, 9.17) is 0 Å². The number of amides is 1. The number of nitrogens with one attached hydrogen (secondary N) is 1. The van der Waals surface area contributed by atoms with Gasteiger partial charge in [-0.15, -0.1) is 0 Å². The molecule has 0 saturated carbocycles. The number of ether oxygens (including phenoxy) is 1. The average Bonchev–Trinajstić information content (AvgIpc) is 2.60. The summed E-state index contributed by atoms with van der Waals surface area (Å²) in [5.41, 5.74) is 1.02. The summed E-state index contributed by atoms with van der Waals surface area (Å²) < 4.78 is 41.2. The minimum absolute atomic E-state index is 0.00493. The number of carboxylic acids is 1. The molecule has 1 amide bonds. The summed E-state index contributed by atoms with van der Waals surface area (Å²) in [6.45, 7) is -1.51. The van der Waals surface area contributed by atoms with E-state index in [0.29, 0.717) is 11.1 Å². The number of alkyl halides is 3. The van der Waals surface area contributed by atoms with Crippen LogP contribution in [0, 0.1) is 0 Å². The fraction of sp³-hybridized carbons (Fsp3) is 0.263. The molecule has 0 bridgehead atoms. The molecule has 27 heavy (non-hydrogen) atoms. The minimum atomic E-state index is -4.45. The molecule has 2 N–H and O–H groups in total. The van der Waals surface area contributed by atoms with Gasteiger partial charge in [-0.05, 0) is 23.3 Å². The lowest BCUT2D eigenvalue weighted by molar-refractivity contribution is -0.153. The van der Waals surface area contributed by atoms with E-state index in [0.717, 1.165) is 0 Å². The van der Waals surface area contributed by atoms with Crippen LogP contribution < -0.4 is 10.1 Å². The van der Waals surface area contributed by atoms with Crippen molar-refractivity contribution >= 4 is 11.9 Å². The third kappa shape index (κ3) is 7.01. The number of aliphatic carboxylic acids is 1. The van der Waals surface area contributed by atoms with Crippen molar-refractivity contribution in [2.45, 2.75) is 18.5 Å². The highest BCUT2D eigenvalue weighted by Crippen LogP contribution is 2.20. The van der Waals surface area contributed by atoms with Crippen molar-refractivity contribution in [3.8, 4) is 5.75 Å². The Morgan fingerprint density at radius 2 is 1.78 bits per heavy atom. The Kier molecular flexibility index (Phi) is 6.81. The van der Waals surface area contributed by atoms with Gasteiger partial charge in [0.2, 0.25) is 5.91 Å². The maximum Gasteiger partial charge on any atom is 0.422 e. The van der Waals surface area contributed by atoms with Gasteiger partial charge in [-0.2, -0.15) is 13.2 Å². The minimum Gasteiger partial charge on any atom is -0.484 e. The SMILES string of the molecule is O=C(Cc1cccc(OCC(F)(F)F)c1)NCC(C(=O)O)c1ccccc1. The molecule has 144 valence electrons. The van der Waals surface area contributed by atoms with Gasteiger partial charge in [0, 0.05) is 6.54 Å². The second kappa shape index (κ2) is 9.07. The summed E-state index contributed by atoms with van der Waals surface area (Å²) in [5, 5.41) is 11.9. The van der Waals surface area contributed by atoms with Crippen LogP contribution in [0.2, 0.25) is 0 Å². The number of hydrogen-bond acceptors (Lipinski definition) is 3. The van der Waals surface area contributed by atoms with Crippen molar-refractivity contribution in [3.05, 3.63) is 65.7 Å². The summed E-state index contributed by atoms with van der Waals surface area (Å²) in [6, 6.07) is 14.3. The maximum atomic E-state index is 12.2. The molecule has 0 aliphatic carbocycles. The number of benzene rings is 2. The molecule has 5 nitrogen and oxygen atoms in total. The van der Waals surface area contributed by atoms with Crippen LogP contribution in [0.3, 0.4) is 0 Å². The van der Waals surface area contributed by atoms with E-state index < -0.39 is 30.6 Å². The zero-order valence-electron chi connectivity index (χ0n) is 14.2. The lowest BCUT2D eigenvalue weighted by Crippen LogP contribution is -2.32. The molecule has 0 fully saturated rings. The van der Waals surface area contributed by atoms with E-state index in [-0.39, 0.29) is 18.7 Å². The van der Waals surface area contributed by atoms with Crippen molar-refractivity contribution in [2.24, 2.45) is 0 Å². The van der Waals surface area contributed by atoms with Crippen LogP contribution in [-0.2, 0) is 16.0 Å². The summed E-state index contributed by atoms with van der Waals surface area (Å²) in [6.07, 6.45) is -4.55. The number of carbonyl (C=O) groups is 2. The quantitative estimate of drug-likeness (QED) is 0.737. The average molecular weight is 381 g/mol. The molecule has 0 radical (unpaired) electrons. The van der Waals surface area contributed by atoms with Gasteiger partial charge in [0.25, 0.3) is 0 Å². The van der Waals surface area contributed by atoms with Gasteiger partial charge in [-0.1, -0.05) is 42.5 Å². The maximum absolute atomic E-state index is 12.2. The molecule has 2 aromatic rings. The van der Waals surface area contributed by atoms with Gasteiger partial charge in [-0.3, -0.25) is 9.59 Å². The van der Waals surface area contributed by atoms with Crippen molar-refractivity contribution in [1.29, 1.82) is 0 Å². The van der Waals surface area contributed by atoms with E-state index >= 15 is 0 Å². The van der Waals surface area contributed by atoms with Crippen molar-refractivity contribution in [1.82, 2.24) is 5.32 Å². The van der Waals surface area contributed by atoms with Crippen LogP contribution in [-0.4, -0.2) is 36.3 Å². The Hall–Kier alpha value is -3.03. The predicted octanol–water partition coefficient (Wildman–Crippen LogP) is 3.15. The first-order chi connectivity index (χ1) is 12.7. The molecule has 0 saturated heterocycles. The van der Waals surface area contributed by atoms with Crippen molar-refractivity contribution in [2.75, 3.05) is 13.2 Å². The largest absolute Gasteiger partial charge is 0.484 e. The summed E-state index contributed by atoms with van der Waals surface area (Å²) >= 11 is 0. The molecule has 1 unspecified atom stereocenters. The van der Waals surface area contributed by atoms with Crippen LogP contribution in [0.1, 0.15) is 17.0 Å². The Balaban J connectivity index is 1.92. The number of carboxylic acid groups (broad SMARTS) is 1. The number of rotatable bonds is 8. The number of hydrogen-bond donors (Lipinski definition) is 2. The number of carbonyl (C=O) groups excluding carboxylic acids is 1. The monoisotopic (exact) mass is 381 g/mol. The third-order valence-electron chi connectivity index (χ3n) is 3.67. The fourth-order valence-electron chi connectivity index (χ4n) is 2.41. The van der Waals surface area contributed by atoms with Gasteiger partial charge >= 0.3 is 12.1 Å². The molecule has 2 rings (SSSR count). The molecule has 0 aliphatic heterocycles. The first kappa shape index (κ1) is 20.3. The normalized spacial score (nSPS) is 12.3. The van der Waals surface area contributed by atoms with E-state index in [2.05, 4.69) is 10.1 Å². The molecular formula is C19H18F3NO4. The summed E-state index contributed by atoms with van der Waals surface area (Å²) in [7, 11) is 0. The molecular weight excluding hydrogens is 363 g/mol. The highest BCUT2D eigenvalue weighted by Gasteiger charge is 2.28. The van der Waals surface area contributed by atoms with Gasteiger partial charge < -0.3 is 15.2 Å². The second-order valence-electron chi connectivity index (χ2n) is 5.83. The second-order valence-corrected chi connectivity index (χ2v) is 5.83.